The molecule has 74 valence electrons. The molecule has 0 saturated heterocycles. The first-order valence-corrected chi connectivity index (χ1v) is 4.55. The van der Waals surface area contributed by atoms with Crippen molar-refractivity contribution in [1.82, 2.24) is 4.90 Å². The minimum absolute atomic E-state index is 0.288. The molecule has 4 nitrogen and oxygen atoms in total. The first-order chi connectivity index (χ1) is 5.57. The lowest BCUT2D eigenvalue weighted by Gasteiger charge is -2.22. The minimum Gasteiger partial charge on any atom is -0.328 e. The SMILES string of the molecule is CCCC(N)CCN(C)C(N)N. The minimum atomic E-state index is -0.362. The Morgan fingerprint density at radius 1 is 1.17 bits per heavy atom. The lowest BCUT2D eigenvalue weighted by Crippen LogP contribution is -2.47. The molecular formula is C8H22N4. The molecule has 0 aliphatic rings. The first-order valence-electron chi connectivity index (χ1n) is 4.55. The van der Waals surface area contributed by atoms with Gasteiger partial charge in [-0.05, 0) is 19.9 Å². The third-order valence-electron chi connectivity index (χ3n) is 2.02. The summed E-state index contributed by atoms with van der Waals surface area (Å²) < 4.78 is 0. The second-order valence-corrected chi connectivity index (χ2v) is 3.31. The fourth-order valence-electron chi connectivity index (χ4n) is 1.03. The maximum Gasteiger partial charge on any atom is 0.109 e. The van der Waals surface area contributed by atoms with Gasteiger partial charge in [0.15, 0.2) is 0 Å². The maximum absolute atomic E-state index is 5.82. The van der Waals surface area contributed by atoms with Gasteiger partial charge in [0.2, 0.25) is 0 Å². The molecule has 4 heteroatoms. The van der Waals surface area contributed by atoms with E-state index in [1.807, 2.05) is 11.9 Å². The monoisotopic (exact) mass is 174 g/mol. The summed E-state index contributed by atoms with van der Waals surface area (Å²) in [7, 11) is 1.91. The van der Waals surface area contributed by atoms with Crippen molar-refractivity contribution in [1.29, 1.82) is 0 Å². The molecule has 1 unspecified atom stereocenters. The normalized spacial score (nSPS) is 14.2. The van der Waals surface area contributed by atoms with Gasteiger partial charge < -0.3 is 17.2 Å². The quantitative estimate of drug-likeness (QED) is 0.480. The third-order valence-corrected chi connectivity index (χ3v) is 2.02. The van der Waals surface area contributed by atoms with Crippen molar-refractivity contribution >= 4 is 0 Å². The van der Waals surface area contributed by atoms with Crippen LogP contribution in [0.15, 0.2) is 0 Å². The molecule has 0 saturated carbocycles. The van der Waals surface area contributed by atoms with Gasteiger partial charge in [0.1, 0.15) is 6.29 Å². The van der Waals surface area contributed by atoms with Crippen LogP contribution in [0.25, 0.3) is 0 Å². The van der Waals surface area contributed by atoms with Crippen molar-refractivity contribution in [3.63, 3.8) is 0 Å². The number of hydrogen-bond donors (Lipinski definition) is 3. The molecular weight excluding hydrogens is 152 g/mol. The largest absolute Gasteiger partial charge is 0.328 e. The van der Waals surface area contributed by atoms with Gasteiger partial charge in [-0.1, -0.05) is 13.3 Å². The number of rotatable bonds is 6. The fraction of sp³-hybridized carbons (Fsp3) is 1.00. The Morgan fingerprint density at radius 2 is 1.75 bits per heavy atom. The Hall–Kier alpha value is -0.160. The van der Waals surface area contributed by atoms with Crippen molar-refractivity contribution in [2.24, 2.45) is 17.2 Å². The molecule has 0 aliphatic heterocycles. The summed E-state index contributed by atoms with van der Waals surface area (Å²) in [5.74, 6) is 0. The Labute approximate surface area is 75.1 Å². The molecule has 0 spiro atoms. The third kappa shape index (κ3) is 5.49. The molecule has 0 amide bonds. The highest BCUT2D eigenvalue weighted by atomic mass is 15.3. The second-order valence-electron chi connectivity index (χ2n) is 3.31. The number of nitrogens with zero attached hydrogens (tertiary/aromatic N) is 1. The van der Waals surface area contributed by atoms with Crippen LogP contribution in [-0.2, 0) is 0 Å². The molecule has 0 aromatic heterocycles. The van der Waals surface area contributed by atoms with Gasteiger partial charge in [0.25, 0.3) is 0 Å². The van der Waals surface area contributed by atoms with Crippen LogP contribution in [0.5, 0.6) is 0 Å². The number of nitrogens with two attached hydrogens (primary N) is 3. The average molecular weight is 174 g/mol. The summed E-state index contributed by atoms with van der Waals surface area (Å²) in [6.45, 7) is 3.01. The zero-order valence-electron chi connectivity index (χ0n) is 8.16. The molecule has 12 heavy (non-hydrogen) atoms. The molecule has 0 aromatic carbocycles. The van der Waals surface area contributed by atoms with E-state index in [9.17, 15) is 0 Å². The predicted molar refractivity (Wildman–Crippen MR) is 52.3 cm³/mol. The highest BCUT2D eigenvalue weighted by Crippen LogP contribution is 1.99. The van der Waals surface area contributed by atoms with Crippen molar-refractivity contribution in [2.75, 3.05) is 13.6 Å². The van der Waals surface area contributed by atoms with Crippen molar-refractivity contribution in [2.45, 2.75) is 38.5 Å². The average Bonchev–Trinajstić information content (AvgIpc) is 2.00. The molecule has 0 aromatic rings. The maximum atomic E-state index is 5.82. The van der Waals surface area contributed by atoms with E-state index in [0.29, 0.717) is 0 Å². The zero-order valence-corrected chi connectivity index (χ0v) is 8.16. The first kappa shape index (κ1) is 11.8. The van der Waals surface area contributed by atoms with E-state index in [1.165, 1.54) is 0 Å². The van der Waals surface area contributed by atoms with Gasteiger partial charge in [-0.2, -0.15) is 0 Å². The Kier molecular flexibility index (Phi) is 6.28. The summed E-state index contributed by atoms with van der Waals surface area (Å²) in [6, 6.07) is 0.288. The molecule has 0 rings (SSSR count). The van der Waals surface area contributed by atoms with E-state index in [4.69, 9.17) is 17.2 Å². The van der Waals surface area contributed by atoms with Crippen LogP contribution in [0.1, 0.15) is 26.2 Å². The summed E-state index contributed by atoms with van der Waals surface area (Å²) in [4.78, 5) is 1.90. The van der Waals surface area contributed by atoms with Crippen LogP contribution in [-0.4, -0.2) is 30.8 Å². The van der Waals surface area contributed by atoms with Gasteiger partial charge >= 0.3 is 0 Å². The Morgan fingerprint density at radius 3 is 2.17 bits per heavy atom. The summed E-state index contributed by atoms with van der Waals surface area (Å²) in [6.07, 6.45) is 2.82. The molecule has 0 fully saturated rings. The summed E-state index contributed by atoms with van der Waals surface area (Å²) in [5.41, 5.74) is 16.7. The topological polar surface area (TPSA) is 81.3 Å². The van der Waals surface area contributed by atoms with Gasteiger partial charge in [-0.3, -0.25) is 4.90 Å². The number of hydrogen-bond acceptors (Lipinski definition) is 4. The van der Waals surface area contributed by atoms with Crippen LogP contribution in [0, 0.1) is 0 Å². The summed E-state index contributed by atoms with van der Waals surface area (Å²) >= 11 is 0. The van der Waals surface area contributed by atoms with Crippen molar-refractivity contribution in [3.8, 4) is 0 Å². The van der Waals surface area contributed by atoms with Gasteiger partial charge in [0.05, 0.1) is 0 Å². The Balaban J connectivity index is 3.40. The molecule has 0 bridgehead atoms. The molecule has 0 radical (unpaired) electrons. The van der Waals surface area contributed by atoms with Crippen LogP contribution in [0.4, 0.5) is 0 Å². The van der Waals surface area contributed by atoms with Crippen molar-refractivity contribution in [3.05, 3.63) is 0 Å². The smallest absolute Gasteiger partial charge is 0.109 e. The van der Waals surface area contributed by atoms with Crippen LogP contribution < -0.4 is 17.2 Å². The van der Waals surface area contributed by atoms with Gasteiger partial charge in [-0.15, -0.1) is 0 Å². The van der Waals surface area contributed by atoms with Crippen LogP contribution >= 0.6 is 0 Å². The predicted octanol–water partition coefficient (Wildman–Crippen LogP) is -0.363. The van der Waals surface area contributed by atoms with Crippen LogP contribution in [0.3, 0.4) is 0 Å². The molecule has 0 aliphatic carbocycles. The molecule has 6 N–H and O–H groups in total. The highest BCUT2D eigenvalue weighted by Gasteiger charge is 2.06. The molecule has 0 heterocycles. The highest BCUT2D eigenvalue weighted by molar-refractivity contribution is 4.63. The Bertz CT molecular complexity index is 105. The second kappa shape index (κ2) is 6.37. The lowest BCUT2D eigenvalue weighted by molar-refractivity contribution is 0.241. The molecule has 1 atom stereocenters. The fourth-order valence-corrected chi connectivity index (χ4v) is 1.03. The zero-order chi connectivity index (χ0) is 9.56. The van der Waals surface area contributed by atoms with Crippen molar-refractivity contribution < 1.29 is 0 Å². The summed E-state index contributed by atoms with van der Waals surface area (Å²) in [5, 5.41) is 0. The van der Waals surface area contributed by atoms with E-state index in [1.54, 1.807) is 0 Å². The van der Waals surface area contributed by atoms with E-state index in [0.717, 1.165) is 25.8 Å². The lowest BCUT2D eigenvalue weighted by atomic mass is 10.1. The van der Waals surface area contributed by atoms with E-state index in [2.05, 4.69) is 6.92 Å². The van der Waals surface area contributed by atoms with E-state index >= 15 is 0 Å². The van der Waals surface area contributed by atoms with Crippen LogP contribution in [0.2, 0.25) is 0 Å². The van der Waals surface area contributed by atoms with E-state index in [-0.39, 0.29) is 12.3 Å². The van der Waals surface area contributed by atoms with E-state index < -0.39 is 0 Å². The standard InChI is InChI=1S/C8H22N4/c1-3-4-7(9)5-6-12(2)8(10)11/h7-8H,3-6,9-11H2,1-2H3. The van der Waals surface area contributed by atoms with Gasteiger partial charge in [0, 0.05) is 12.6 Å². The van der Waals surface area contributed by atoms with Gasteiger partial charge in [-0.25, -0.2) is 0 Å².